The van der Waals surface area contributed by atoms with Crippen molar-refractivity contribution in [2.24, 2.45) is 17.8 Å². The number of fused-ring (bicyclic) bond motifs is 1. The van der Waals surface area contributed by atoms with E-state index >= 15 is 0 Å². The van der Waals surface area contributed by atoms with Crippen molar-refractivity contribution in [1.29, 1.82) is 0 Å². The van der Waals surface area contributed by atoms with E-state index in [4.69, 9.17) is 21.4 Å². The summed E-state index contributed by atoms with van der Waals surface area (Å²) in [6.07, 6.45) is 3.99. The topological polar surface area (TPSA) is 117 Å². The molecule has 0 aliphatic heterocycles. The molecule has 0 radical (unpaired) electrons. The summed E-state index contributed by atoms with van der Waals surface area (Å²) in [5.74, 6) is -1.60. The number of halogens is 2. The van der Waals surface area contributed by atoms with Crippen LogP contribution >= 0.6 is 11.6 Å². The summed E-state index contributed by atoms with van der Waals surface area (Å²) >= 11 is 5.66. The molecule has 4 rings (SSSR count). The first-order valence-corrected chi connectivity index (χ1v) is 13.2. The minimum Gasteiger partial charge on any atom is -0.484 e. The number of benzene rings is 1. The number of hydrogen-bond acceptors (Lipinski definition) is 5. The SMILES string of the molecule is C=C(C)C(CC(CCC)C(=O)NC12CC(C1)C(NC(=O)COc1ccc(Cl)c(F)c1)C2)C(=O)NCCO. The number of ether oxygens (including phenoxy) is 1. The fraction of sp³-hybridized carbons (Fsp3) is 0.593. The zero-order valence-electron chi connectivity index (χ0n) is 21.4. The van der Waals surface area contributed by atoms with E-state index in [0.717, 1.165) is 25.3 Å². The van der Waals surface area contributed by atoms with E-state index in [9.17, 15) is 18.8 Å². The smallest absolute Gasteiger partial charge is 0.258 e. The van der Waals surface area contributed by atoms with Crippen LogP contribution in [0.2, 0.25) is 5.02 Å². The number of rotatable bonds is 14. The highest BCUT2D eigenvalue weighted by Gasteiger charge is 2.57. The van der Waals surface area contributed by atoms with Gasteiger partial charge in [0.1, 0.15) is 11.6 Å². The number of nitrogens with one attached hydrogen (secondary N) is 3. The van der Waals surface area contributed by atoms with E-state index in [1.807, 2.05) is 6.92 Å². The van der Waals surface area contributed by atoms with Crippen LogP contribution in [-0.2, 0) is 14.4 Å². The van der Waals surface area contributed by atoms with Crippen LogP contribution in [-0.4, -0.2) is 54.2 Å². The number of carbonyl (C=O) groups excluding carboxylic acids is 3. The lowest BCUT2D eigenvalue weighted by Gasteiger charge is -2.40. The van der Waals surface area contributed by atoms with Crippen LogP contribution in [0.1, 0.15) is 52.4 Å². The Morgan fingerprint density at radius 2 is 2.00 bits per heavy atom. The number of amides is 3. The maximum absolute atomic E-state index is 13.6. The van der Waals surface area contributed by atoms with Crippen molar-refractivity contribution in [3.8, 4) is 5.75 Å². The molecule has 3 aliphatic rings. The lowest BCUT2D eigenvalue weighted by Crippen LogP contribution is -2.53. The largest absolute Gasteiger partial charge is 0.484 e. The van der Waals surface area contributed by atoms with Gasteiger partial charge in [0.2, 0.25) is 11.8 Å². The average molecular weight is 538 g/mol. The number of aliphatic hydroxyl groups is 1. The van der Waals surface area contributed by atoms with E-state index in [-0.39, 0.29) is 71.7 Å². The predicted octanol–water partition coefficient (Wildman–Crippen LogP) is 3.12. The normalized spacial score (nSPS) is 23.4. The van der Waals surface area contributed by atoms with E-state index < -0.39 is 11.7 Å². The summed E-state index contributed by atoms with van der Waals surface area (Å²) in [5.41, 5.74) is 0.322. The van der Waals surface area contributed by atoms with Crippen molar-refractivity contribution in [3.05, 3.63) is 41.2 Å². The summed E-state index contributed by atoms with van der Waals surface area (Å²) in [6.45, 7) is 7.47. The van der Waals surface area contributed by atoms with E-state index in [2.05, 4.69) is 22.5 Å². The first kappa shape index (κ1) is 28.9. The molecule has 2 bridgehead atoms. The fourth-order valence-corrected chi connectivity index (χ4v) is 5.57. The van der Waals surface area contributed by atoms with Crippen molar-refractivity contribution in [3.63, 3.8) is 0 Å². The third-order valence-corrected chi connectivity index (χ3v) is 7.64. The van der Waals surface area contributed by atoms with Crippen molar-refractivity contribution >= 4 is 29.3 Å². The van der Waals surface area contributed by atoms with Gasteiger partial charge in [-0.25, -0.2) is 4.39 Å². The Morgan fingerprint density at radius 1 is 1.27 bits per heavy atom. The zero-order chi connectivity index (χ0) is 27.2. The molecule has 37 heavy (non-hydrogen) atoms. The lowest BCUT2D eigenvalue weighted by atomic mass is 9.76. The van der Waals surface area contributed by atoms with Gasteiger partial charge in [0.15, 0.2) is 6.61 Å². The molecule has 0 aromatic heterocycles. The first-order chi connectivity index (χ1) is 17.6. The van der Waals surface area contributed by atoms with Crippen LogP contribution in [0.4, 0.5) is 4.39 Å². The Hall–Kier alpha value is -2.65. The molecule has 0 spiro atoms. The Bertz CT molecular complexity index is 1010. The molecule has 0 heterocycles. The minimum atomic E-state index is -0.615. The maximum atomic E-state index is 13.6. The molecular formula is C27H37ClFN3O5. The Labute approximate surface area is 222 Å². The van der Waals surface area contributed by atoms with Crippen LogP contribution in [0.25, 0.3) is 0 Å². The summed E-state index contributed by atoms with van der Waals surface area (Å²) in [7, 11) is 0. The Morgan fingerprint density at radius 3 is 2.62 bits per heavy atom. The first-order valence-electron chi connectivity index (χ1n) is 12.8. The van der Waals surface area contributed by atoms with Crippen molar-refractivity contribution < 1.29 is 28.6 Å². The van der Waals surface area contributed by atoms with Gasteiger partial charge in [0, 0.05) is 30.1 Å². The van der Waals surface area contributed by atoms with Gasteiger partial charge < -0.3 is 25.8 Å². The molecule has 4 N–H and O–H groups in total. The third kappa shape index (κ3) is 7.45. The highest BCUT2D eigenvalue weighted by atomic mass is 35.5. The molecule has 8 nitrogen and oxygen atoms in total. The summed E-state index contributed by atoms with van der Waals surface area (Å²) in [5, 5.41) is 17.9. The molecule has 1 aromatic carbocycles. The molecular weight excluding hydrogens is 501 g/mol. The van der Waals surface area contributed by atoms with Crippen LogP contribution in [0.3, 0.4) is 0 Å². The number of carbonyl (C=O) groups is 3. The van der Waals surface area contributed by atoms with Gasteiger partial charge in [0.05, 0.1) is 17.5 Å². The predicted molar refractivity (Wildman–Crippen MR) is 138 cm³/mol. The molecule has 3 atom stereocenters. The van der Waals surface area contributed by atoms with Crippen molar-refractivity contribution in [1.82, 2.24) is 16.0 Å². The van der Waals surface area contributed by atoms with Crippen LogP contribution in [0.15, 0.2) is 30.4 Å². The standard InChI is InChI=1S/C27H37ClFN3O5/c1-4-5-17(10-20(16(2)3)26(36)30-8-9-33)25(35)32-27-12-18(13-27)23(14-27)31-24(34)15-37-19-6-7-21(28)22(29)11-19/h6-7,11,17-18,20,23,33H,2,4-5,8-10,12-15H2,1,3H3,(H,30,36)(H,31,34)(H,32,35). The van der Waals surface area contributed by atoms with E-state index in [1.54, 1.807) is 6.92 Å². The maximum Gasteiger partial charge on any atom is 0.258 e. The van der Waals surface area contributed by atoms with Gasteiger partial charge in [-0.05, 0) is 57.1 Å². The fourth-order valence-electron chi connectivity index (χ4n) is 5.46. The van der Waals surface area contributed by atoms with E-state index in [0.29, 0.717) is 24.8 Å². The minimum absolute atomic E-state index is 0.0174. The molecule has 3 aliphatic carbocycles. The molecule has 3 amide bonds. The number of aliphatic hydroxyl groups excluding tert-OH is 1. The second-order valence-corrected chi connectivity index (χ2v) is 10.7. The lowest BCUT2D eigenvalue weighted by molar-refractivity contribution is -0.130. The van der Waals surface area contributed by atoms with Gasteiger partial charge in [-0.2, -0.15) is 0 Å². The summed E-state index contributed by atoms with van der Waals surface area (Å²) < 4.78 is 18.9. The monoisotopic (exact) mass is 537 g/mol. The number of hydrogen-bond donors (Lipinski definition) is 4. The molecule has 0 saturated heterocycles. The Kier molecular flexibility index (Phi) is 9.95. The van der Waals surface area contributed by atoms with Gasteiger partial charge in [-0.1, -0.05) is 37.1 Å². The molecule has 3 fully saturated rings. The van der Waals surface area contributed by atoms with Crippen LogP contribution in [0.5, 0.6) is 5.75 Å². The molecule has 10 heteroatoms. The highest BCUT2D eigenvalue weighted by molar-refractivity contribution is 6.30. The summed E-state index contributed by atoms with van der Waals surface area (Å²) in [4.78, 5) is 38.3. The van der Waals surface area contributed by atoms with E-state index in [1.165, 1.54) is 12.1 Å². The Balaban J connectivity index is 1.52. The second kappa shape index (κ2) is 12.7. The van der Waals surface area contributed by atoms with Crippen molar-refractivity contribution in [2.45, 2.75) is 64.0 Å². The highest BCUT2D eigenvalue weighted by Crippen LogP contribution is 2.52. The molecule has 3 unspecified atom stereocenters. The second-order valence-electron chi connectivity index (χ2n) is 10.3. The molecule has 204 valence electrons. The van der Waals surface area contributed by atoms with Gasteiger partial charge in [-0.3, -0.25) is 14.4 Å². The van der Waals surface area contributed by atoms with Crippen molar-refractivity contribution in [2.75, 3.05) is 19.8 Å². The molecule has 1 aromatic rings. The molecule has 3 saturated carbocycles. The van der Waals surface area contributed by atoms with Crippen LogP contribution < -0.4 is 20.7 Å². The van der Waals surface area contributed by atoms with Gasteiger partial charge >= 0.3 is 0 Å². The quantitative estimate of drug-likeness (QED) is 0.272. The van der Waals surface area contributed by atoms with Gasteiger partial charge in [0.25, 0.3) is 5.91 Å². The van der Waals surface area contributed by atoms with Gasteiger partial charge in [-0.15, -0.1) is 0 Å². The zero-order valence-corrected chi connectivity index (χ0v) is 22.2. The average Bonchev–Trinajstić information content (AvgIpc) is 3.33. The summed E-state index contributed by atoms with van der Waals surface area (Å²) in [6, 6.07) is 3.93. The van der Waals surface area contributed by atoms with Crippen LogP contribution in [0, 0.1) is 23.6 Å². The third-order valence-electron chi connectivity index (χ3n) is 7.33.